The van der Waals surface area contributed by atoms with Crippen molar-refractivity contribution in [3.63, 3.8) is 0 Å². The first-order valence-electron chi connectivity index (χ1n) is 11.2. The Labute approximate surface area is 189 Å². The second-order valence-corrected chi connectivity index (χ2v) is 9.23. The van der Waals surface area contributed by atoms with E-state index in [0.29, 0.717) is 37.3 Å². The van der Waals surface area contributed by atoms with E-state index in [2.05, 4.69) is 63.9 Å². The van der Waals surface area contributed by atoms with Crippen molar-refractivity contribution in [2.45, 2.75) is 45.2 Å². The zero-order valence-corrected chi connectivity index (χ0v) is 19.4. The van der Waals surface area contributed by atoms with E-state index in [1.54, 1.807) is 11.9 Å². The fourth-order valence-corrected chi connectivity index (χ4v) is 5.47. The molecule has 0 aromatic heterocycles. The van der Waals surface area contributed by atoms with Crippen molar-refractivity contribution in [3.05, 3.63) is 48.0 Å². The van der Waals surface area contributed by atoms with E-state index in [-0.39, 0.29) is 11.8 Å². The van der Waals surface area contributed by atoms with Crippen LogP contribution in [0.5, 0.6) is 0 Å². The highest BCUT2D eigenvalue weighted by Crippen LogP contribution is 2.32. The third-order valence-electron chi connectivity index (χ3n) is 6.01. The van der Waals surface area contributed by atoms with E-state index in [0.717, 1.165) is 25.9 Å². The molecule has 1 atom stereocenters. The van der Waals surface area contributed by atoms with Gasteiger partial charge in [-0.15, -0.1) is 0 Å². The molecule has 31 heavy (non-hydrogen) atoms. The molecular weight excluding hydrogens is 408 g/mol. The number of hydrogen-bond donors (Lipinski definition) is 2. The van der Waals surface area contributed by atoms with Gasteiger partial charge in [0.05, 0.1) is 6.54 Å². The molecule has 0 saturated carbocycles. The molecule has 1 aliphatic heterocycles. The fraction of sp³-hybridized carbons (Fsp3) is 0.500. The molecule has 6 nitrogen and oxygen atoms in total. The first-order valence-corrected chi connectivity index (χ1v) is 12.1. The summed E-state index contributed by atoms with van der Waals surface area (Å²) in [5.41, 5.74) is 6.66. The van der Waals surface area contributed by atoms with Crippen molar-refractivity contribution in [2.75, 3.05) is 31.9 Å². The third kappa shape index (κ3) is 6.45. The first-order chi connectivity index (χ1) is 15.0. The molecule has 1 heterocycles. The second-order valence-electron chi connectivity index (χ2n) is 8.09. The molecule has 2 aromatic carbocycles. The highest BCUT2D eigenvalue weighted by Gasteiger charge is 2.29. The predicted molar refractivity (Wildman–Crippen MR) is 129 cm³/mol. The number of nitrogens with two attached hydrogens (primary N) is 1. The van der Waals surface area contributed by atoms with Crippen molar-refractivity contribution in [2.24, 2.45) is 5.73 Å². The maximum absolute atomic E-state index is 12.2. The summed E-state index contributed by atoms with van der Waals surface area (Å²) in [6.45, 7) is 7.15. The molecule has 1 fully saturated rings. The van der Waals surface area contributed by atoms with E-state index in [4.69, 9.17) is 5.73 Å². The SMILES string of the molecule is CCNC(=O)CN(SCCC(N)=O)C1CCN(C(C)c2cccc3ccccc23)CC1. The number of piperidine rings is 1. The number of carbonyl (C=O) groups is 2. The van der Waals surface area contributed by atoms with Gasteiger partial charge in [0.1, 0.15) is 0 Å². The molecule has 0 bridgehead atoms. The van der Waals surface area contributed by atoms with Crippen LogP contribution in [0, 0.1) is 0 Å². The lowest BCUT2D eigenvalue weighted by Gasteiger charge is -2.40. The number of carbonyl (C=O) groups excluding carboxylic acids is 2. The van der Waals surface area contributed by atoms with E-state index >= 15 is 0 Å². The smallest absolute Gasteiger partial charge is 0.235 e. The molecule has 7 heteroatoms. The Hall–Kier alpha value is -2.09. The van der Waals surface area contributed by atoms with Crippen LogP contribution in [0.2, 0.25) is 0 Å². The van der Waals surface area contributed by atoms with E-state index < -0.39 is 0 Å². The van der Waals surface area contributed by atoms with Crippen LogP contribution in [0.25, 0.3) is 10.8 Å². The van der Waals surface area contributed by atoms with Gasteiger partial charge in [0.15, 0.2) is 0 Å². The van der Waals surface area contributed by atoms with Crippen molar-refractivity contribution < 1.29 is 9.59 Å². The number of fused-ring (bicyclic) bond motifs is 1. The largest absolute Gasteiger partial charge is 0.370 e. The summed E-state index contributed by atoms with van der Waals surface area (Å²) < 4.78 is 2.16. The summed E-state index contributed by atoms with van der Waals surface area (Å²) in [6, 6.07) is 15.8. The molecule has 3 rings (SSSR count). The number of primary amides is 1. The quantitative estimate of drug-likeness (QED) is 0.552. The van der Waals surface area contributed by atoms with Crippen LogP contribution in [0.1, 0.15) is 44.7 Å². The van der Waals surface area contributed by atoms with Gasteiger partial charge in [-0.1, -0.05) is 54.4 Å². The molecular formula is C24H34N4O2S. The van der Waals surface area contributed by atoms with Gasteiger partial charge < -0.3 is 11.1 Å². The molecule has 1 unspecified atom stereocenters. The maximum atomic E-state index is 12.2. The lowest BCUT2D eigenvalue weighted by molar-refractivity contribution is -0.121. The number of benzene rings is 2. The molecule has 1 aliphatic rings. The first kappa shape index (κ1) is 23.6. The minimum atomic E-state index is -0.302. The number of likely N-dealkylation sites (N-methyl/N-ethyl adjacent to an activating group) is 1. The van der Waals surface area contributed by atoms with Crippen molar-refractivity contribution in [3.8, 4) is 0 Å². The number of rotatable bonds is 10. The van der Waals surface area contributed by atoms with Crippen LogP contribution in [0.4, 0.5) is 0 Å². The topological polar surface area (TPSA) is 78.7 Å². The molecule has 3 N–H and O–H groups in total. The number of likely N-dealkylation sites (tertiary alicyclic amines) is 1. The molecule has 2 amide bonds. The van der Waals surface area contributed by atoms with Crippen molar-refractivity contribution >= 4 is 34.5 Å². The van der Waals surface area contributed by atoms with Crippen LogP contribution in [-0.4, -0.2) is 59.0 Å². The van der Waals surface area contributed by atoms with Crippen LogP contribution in [-0.2, 0) is 9.59 Å². The van der Waals surface area contributed by atoms with Crippen LogP contribution < -0.4 is 11.1 Å². The average Bonchev–Trinajstić information content (AvgIpc) is 2.77. The molecule has 2 aromatic rings. The van der Waals surface area contributed by atoms with Gasteiger partial charge in [0.25, 0.3) is 0 Å². The number of amides is 2. The standard InChI is InChI=1S/C24H34N4O2S/c1-3-26-24(30)17-28(31-16-13-23(25)29)20-11-14-27(15-12-20)18(2)21-10-6-8-19-7-4-5-9-22(19)21/h4-10,18,20H,3,11-17H2,1-2H3,(H2,25,29)(H,26,30). The lowest BCUT2D eigenvalue weighted by Crippen LogP contribution is -2.46. The summed E-state index contributed by atoms with van der Waals surface area (Å²) in [4.78, 5) is 25.9. The summed E-state index contributed by atoms with van der Waals surface area (Å²) in [7, 11) is 0. The van der Waals surface area contributed by atoms with Crippen LogP contribution in [0.3, 0.4) is 0 Å². The van der Waals surface area contributed by atoms with Crippen LogP contribution in [0.15, 0.2) is 42.5 Å². The number of nitrogens with zero attached hydrogens (tertiary/aromatic N) is 2. The second kappa shape index (κ2) is 11.5. The van der Waals surface area contributed by atoms with Crippen molar-refractivity contribution in [1.29, 1.82) is 0 Å². The molecule has 0 radical (unpaired) electrons. The van der Waals surface area contributed by atoms with E-state index in [1.807, 2.05) is 6.92 Å². The number of nitrogens with one attached hydrogen (secondary N) is 1. The Bertz CT molecular complexity index is 878. The Morgan fingerprint density at radius 3 is 2.61 bits per heavy atom. The van der Waals surface area contributed by atoms with Gasteiger partial charge in [-0.05, 0) is 43.0 Å². The minimum Gasteiger partial charge on any atom is -0.370 e. The highest BCUT2D eigenvalue weighted by atomic mass is 32.2. The lowest BCUT2D eigenvalue weighted by atomic mass is 9.96. The van der Waals surface area contributed by atoms with Crippen LogP contribution >= 0.6 is 11.9 Å². The Morgan fingerprint density at radius 2 is 1.90 bits per heavy atom. The minimum absolute atomic E-state index is 0.0284. The van der Waals surface area contributed by atoms with Gasteiger partial charge in [0.2, 0.25) is 11.8 Å². The Balaban J connectivity index is 1.63. The van der Waals surface area contributed by atoms with Gasteiger partial charge in [-0.2, -0.15) is 0 Å². The van der Waals surface area contributed by atoms with E-state index in [1.165, 1.54) is 16.3 Å². The predicted octanol–water partition coefficient (Wildman–Crippen LogP) is 3.33. The third-order valence-corrected chi connectivity index (χ3v) is 7.15. The summed E-state index contributed by atoms with van der Waals surface area (Å²) in [5.74, 6) is 0.339. The van der Waals surface area contributed by atoms with Gasteiger partial charge in [-0.3, -0.25) is 14.5 Å². The zero-order valence-electron chi connectivity index (χ0n) is 18.5. The fourth-order valence-electron chi connectivity index (χ4n) is 4.31. The summed E-state index contributed by atoms with van der Waals surface area (Å²) >= 11 is 1.57. The van der Waals surface area contributed by atoms with Gasteiger partial charge in [-0.25, -0.2) is 4.31 Å². The summed E-state index contributed by atoms with van der Waals surface area (Å²) in [6.07, 6.45) is 2.32. The maximum Gasteiger partial charge on any atom is 0.235 e. The molecule has 1 saturated heterocycles. The molecule has 0 spiro atoms. The van der Waals surface area contributed by atoms with Gasteiger partial charge in [0, 0.05) is 43.9 Å². The van der Waals surface area contributed by atoms with Gasteiger partial charge >= 0.3 is 0 Å². The monoisotopic (exact) mass is 442 g/mol. The Morgan fingerprint density at radius 1 is 1.19 bits per heavy atom. The summed E-state index contributed by atoms with van der Waals surface area (Å²) in [5, 5.41) is 5.48. The molecule has 168 valence electrons. The normalized spacial score (nSPS) is 16.5. The molecule has 0 aliphatic carbocycles. The Kier molecular flexibility index (Phi) is 8.75. The highest BCUT2D eigenvalue weighted by molar-refractivity contribution is 7.97. The number of hydrogen-bond acceptors (Lipinski definition) is 5. The van der Waals surface area contributed by atoms with E-state index in [9.17, 15) is 9.59 Å². The van der Waals surface area contributed by atoms with Crippen molar-refractivity contribution in [1.82, 2.24) is 14.5 Å². The zero-order chi connectivity index (χ0) is 22.2. The average molecular weight is 443 g/mol.